The fourth-order valence-corrected chi connectivity index (χ4v) is 3.21. The second kappa shape index (κ2) is 4.51. The van der Waals surface area contributed by atoms with Crippen molar-refractivity contribution in [1.82, 2.24) is 5.32 Å². The molecule has 0 aromatic heterocycles. The number of benzene rings is 2. The standard InChI is InChI=1S/C17H19NO2/c1-17(2)13(10-15(19)18-17)16-12-7-5-4-6-11(12)8-9-14(16)20-3/h4-9,13H,10H2,1-3H3,(H,18,19). The minimum atomic E-state index is -0.255. The average Bonchev–Trinajstić information content (AvgIpc) is 2.70. The van der Waals surface area contributed by atoms with Crippen molar-refractivity contribution in [1.29, 1.82) is 0 Å². The number of methoxy groups -OCH3 is 1. The molecule has 104 valence electrons. The van der Waals surface area contributed by atoms with Gasteiger partial charge in [0, 0.05) is 23.4 Å². The topological polar surface area (TPSA) is 38.3 Å². The van der Waals surface area contributed by atoms with E-state index in [1.165, 1.54) is 10.8 Å². The Hall–Kier alpha value is -2.03. The number of carbonyl (C=O) groups excluding carboxylic acids is 1. The molecule has 1 heterocycles. The minimum absolute atomic E-state index is 0.106. The average molecular weight is 269 g/mol. The zero-order valence-corrected chi connectivity index (χ0v) is 12.1. The molecule has 1 atom stereocenters. The van der Waals surface area contributed by atoms with Gasteiger partial charge in [-0.05, 0) is 30.7 Å². The van der Waals surface area contributed by atoms with E-state index in [9.17, 15) is 4.79 Å². The maximum absolute atomic E-state index is 11.8. The molecule has 1 aliphatic heterocycles. The Morgan fingerprint density at radius 2 is 1.95 bits per heavy atom. The van der Waals surface area contributed by atoms with Crippen molar-refractivity contribution >= 4 is 16.7 Å². The van der Waals surface area contributed by atoms with Crippen molar-refractivity contribution in [2.75, 3.05) is 7.11 Å². The van der Waals surface area contributed by atoms with E-state index in [2.05, 4.69) is 37.4 Å². The van der Waals surface area contributed by atoms with Crippen LogP contribution in [0.5, 0.6) is 5.75 Å². The fraction of sp³-hybridized carbons (Fsp3) is 0.353. The Balaban J connectivity index is 2.26. The molecular weight excluding hydrogens is 250 g/mol. The van der Waals surface area contributed by atoms with Gasteiger partial charge in [-0.15, -0.1) is 0 Å². The van der Waals surface area contributed by atoms with Gasteiger partial charge >= 0.3 is 0 Å². The Kier molecular flexibility index (Phi) is 2.93. The summed E-state index contributed by atoms with van der Waals surface area (Å²) in [6.45, 7) is 4.15. The molecule has 1 aliphatic rings. The molecule has 1 amide bonds. The van der Waals surface area contributed by atoms with Gasteiger partial charge in [-0.2, -0.15) is 0 Å². The fourth-order valence-electron chi connectivity index (χ4n) is 3.21. The molecule has 0 saturated carbocycles. The van der Waals surface area contributed by atoms with Crippen LogP contribution in [0, 0.1) is 0 Å². The highest BCUT2D eigenvalue weighted by molar-refractivity contribution is 5.90. The van der Waals surface area contributed by atoms with Gasteiger partial charge in [0.2, 0.25) is 5.91 Å². The third kappa shape index (κ3) is 1.94. The zero-order chi connectivity index (χ0) is 14.3. The van der Waals surface area contributed by atoms with Crippen molar-refractivity contribution < 1.29 is 9.53 Å². The summed E-state index contributed by atoms with van der Waals surface area (Å²) >= 11 is 0. The van der Waals surface area contributed by atoms with E-state index in [0.29, 0.717) is 6.42 Å². The second-order valence-electron chi connectivity index (χ2n) is 5.93. The molecule has 3 rings (SSSR count). The lowest BCUT2D eigenvalue weighted by atomic mass is 9.80. The van der Waals surface area contributed by atoms with E-state index in [1.54, 1.807) is 7.11 Å². The van der Waals surface area contributed by atoms with Gasteiger partial charge in [-0.3, -0.25) is 4.79 Å². The molecule has 0 spiro atoms. The van der Waals surface area contributed by atoms with Crippen LogP contribution in [0.2, 0.25) is 0 Å². The van der Waals surface area contributed by atoms with Crippen LogP contribution in [0.1, 0.15) is 31.7 Å². The van der Waals surface area contributed by atoms with Crippen molar-refractivity contribution in [3.8, 4) is 5.75 Å². The highest BCUT2D eigenvalue weighted by atomic mass is 16.5. The minimum Gasteiger partial charge on any atom is -0.496 e. The van der Waals surface area contributed by atoms with Crippen molar-refractivity contribution in [2.45, 2.75) is 31.7 Å². The van der Waals surface area contributed by atoms with Gasteiger partial charge in [0.15, 0.2) is 0 Å². The SMILES string of the molecule is COc1ccc2ccccc2c1C1CC(=O)NC1(C)C. The number of amides is 1. The summed E-state index contributed by atoms with van der Waals surface area (Å²) < 4.78 is 5.56. The number of fused-ring (bicyclic) bond motifs is 1. The molecule has 3 nitrogen and oxygen atoms in total. The van der Waals surface area contributed by atoms with Crippen LogP contribution in [0.25, 0.3) is 10.8 Å². The first kappa shape index (κ1) is 13.0. The lowest BCUT2D eigenvalue weighted by Gasteiger charge is -2.29. The summed E-state index contributed by atoms with van der Waals surface area (Å²) in [5, 5.41) is 5.41. The van der Waals surface area contributed by atoms with E-state index < -0.39 is 0 Å². The van der Waals surface area contributed by atoms with Crippen molar-refractivity contribution in [3.63, 3.8) is 0 Å². The quantitative estimate of drug-likeness (QED) is 0.909. The van der Waals surface area contributed by atoms with Crippen molar-refractivity contribution in [3.05, 3.63) is 42.0 Å². The highest BCUT2D eigenvalue weighted by Crippen LogP contribution is 2.43. The van der Waals surface area contributed by atoms with E-state index in [-0.39, 0.29) is 17.4 Å². The zero-order valence-electron chi connectivity index (χ0n) is 12.1. The molecule has 20 heavy (non-hydrogen) atoms. The first-order valence-electron chi connectivity index (χ1n) is 6.89. The Labute approximate surface area is 118 Å². The Morgan fingerprint density at radius 1 is 1.20 bits per heavy atom. The Bertz CT molecular complexity index is 676. The molecule has 1 saturated heterocycles. The van der Waals surface area contributed by atoms with E-state index in [4.69, 9.17) is 4.74 Å². The maximum atomic E-state index is 11.8. The molecule has 1 N–H and O–H groups in total. The number of carbonyl (C=O) groups is 1. The van der Waals surface area contributed by atoms with Crippen molar-refractivity contribution in [2.24, 2.45) is 0 Å². The number of nitrogens with one attached hydrogen (secondary N) is 1. The van der Waals surface area contributed by atoms with Gasteiger partial charge in [0.1, 0.15) is 5.75 Å². The van der Waals surface area contributed by atoms with Crippen LogP contribution in [0.4, 0.5) is 0 Å². The largest absolute Gasteiger partial charge is 0.496 e. The van der Waals surface area contributed by atoms with Crippen LogP contribution >= 0.6 is 0 Å². The summed E-state index contributed by atoms with van der Waals surface area (Å²) in [4.78, 5) is 11.8. The summed E-state index contributed by atoms with van der Waals surface area (Å²) in [6.07, 6.45) is 0.511. The smallest absolute Gasteiger partial charge is 0.221 e. The molecule has 0 aliphatic carbocycles. The number of hydrogen-bond acceptors (Lipinski definition) is 2. The van der Waals surface area contributed by atoms with E-state index in [0.717, 1.165) is 11.3 Å². The molecule has 1 unspecified atom stereocenters. The van der Waals surface area contributed by atoms with Gasteiger partial charge in [-0.1, -0.05) is 30.3 Å². The van der Waals surface area contributed by atoms with Gasteiger partial charge < -0.3 is 10.1 Å². The van der Waals surface area contributed by atoms with E-state index in [1.807, 2.05) is 18.2 Å². The van der Waals surface area contributed by atoms with Gasteiger partial charge in [-0.25, -0.2) is 0 Å². The first-order valence-corrected chi connectivity index (χ1v) is 6.89. The third-order valence-electron chi connectivity index (χ3n) is 4.22. The predicted octanol–water partition coefficient (Wildman–Crippen LogP) is 3.23. The van der Waals surface area contributed by atoms with Gasteiger partial charge in [0.05, 0.1) is 7.11 Å². The molecule has 3 heteroatoms. The molecule has 0 bridgehead atoms. The lowest BCUT2D eigenvalue weighted by Crippen LogP contribution is -2.38. The predicted molar refractivity (Wildman–Crippen MR) is 80.1 cm³/mol. The summed E-state index contributed by atoms with van der Waals surface area (Å²) in [6, 6.07) is 12.3. The van der Waals surface area contributed by atoms with Crippen LogP contribution in [-0.2, 0) is 4.79 Å². The number of hydrogen-bond donors (Lipinski definition) is 1. The second-order valence-corrected chi connectivity index (χ2v) is 5.93. The van der Waals surface area contributed by atoms with E-state index >= 15 is 0 Å². The first-order chi connectivity index (χ1) is 9.53. The highest BCUT2D eigenvalue weighted by Gasteiger charge is 2.41. The maximum Gasteiger partial charge on any atom is 0.221 e. The molecular formula is C17H19NO2. The molecule has 1 fully saturated rings. The normalized spacial score (nSPS) is 20.9. The number of rotatable bonds is 2. The lowest BCUT2D eigenvalue weighted by molar-refractivity contribution is -0.119. The van der Waals surface area contributed by atoms with Crippen LogP contribution in [-0.4, -0.2) is 18.6 Å². The third-order valence-corrected chi connectivity index (χ3v) is 4.22. The summed E-state index contributed by atoms with van der Waals surface area (Å²) in [7, 11) is 1.69. The van der Waals surface area contributed by atoms with Gasteiger partial charge in [0.25, 0.3) is 0 Å². The van der Waals surface area contributed by atoms with Crippen LogP contribution in [0.3, 0.4) is 0 Å². The van der Waals surface area contributed by atoms with Crippen LogP contribution in [0.15, 0.2) is 36.4 Å². The number of ether oxygens (including phenoxy) is 1. The summed E-state index contributed by atoms with van der Waals surface area (Å²) in [5.74, 6) is 1.09. The molecule has 2 aromatic carbocycles. The summed E-state index contributed by atoms with van der Waals surface area (Å²) in [5.41, 5.74) is 0.878. The molecule has 2 aromatic rings. The molecule has 0 radical (unpaired) electrons. The van der Waals surface area contributed by atoms with Crippen LogP contribution < -0.4 is 10.1 Å². The monoisotopic (exact) mass is 269 g/mol. The Morgan fingerprint density at radius 3 is 2.60 bits per heavy atom.